The van der Waals surface area contributed by atoms with Gasteiger partial charge in [-0.1, -0.05) is 26.3 Å². The Kier molecular flexibility index (Phi) is 6.92. The smallest absolute Gasteiger partial charge is 0.0475 e. The quantitative estimate of drug-likeness (QED) is 0.506. The topological polar surface area (TPSA) is 3.24 Å². The summed E-state index contributed by atoms with van der Waals surface area (Å²) in [5, 5.41) is 0. The van der Waals surface area contributed by atoms with E-state index in [1.165, 1.54) is 69.6 Å². The van der Waals surface area contributed by atoms with Gasteiger partial charge in [0.1, 0.15) is 0 Å². The van der Waals surface area contributed by atoms with E-state index in [1.807, 2.05) is 0 Å². The molecule has 0 unspecified atom stereocenters. The molecule has 0 aromatic heterocycles. The fraction of sp³-hybridized carbons (Fsp3) is 0.520. The van der Waals surface area contributed by atoms with Crippen LogP contribution in [0.5, 0.6) is 0 Å². The normalized spacial score (nSPS) is 11.1. The predicted molar refractivity (Wildman–Crippen MR) is 117 cm³/mol. The monoisotopic (exact) mass is 351 g/mol. The Morgan fingerprint density at radius 2 is 1.23 bits per heavy atom. The maximum absolute atomic E-state index is 2.53. The number of nitrogens with zero attached hydrogens (tertiary/aromatic N) is 1. The second kappa shape index (κ2) is 8.75. The first kappa shape index (κ1) is 20.6. The summed E-state index contributed by atoms with van der Waals surface area (Å²) in [6, 6.07) is 7.21. The number of aryl methyl sites for hydroxylation is 2. The molecule has 0 bridgehead atoms. The van der Waals surface area contributed by atoms with Gasteiger partial charge in [0, 0.05) is 17.9 Å². The average molecular weight is 352 g/mol. The van der Waals surface area contributed by atoms with Crippen LogP contribution in [-0.4, -0.2) is 6.54 Å². The molecule has 0 atom stereocenters. The van der Waals surface area contributed by atoms with Crippen LogP contribution in [0.1, 0.15) is 72.6 Å². The molecule has 2 aromatic carbocycles. The third-order valence-corrected chi connectivity index (χ3v) is 6.12. The maximum Gasteiger partial charge on any atom is 0.0475 e. The molecule has 0 fully saturated rings. The number of rotatable bonds is 7. The number of hydrogen-bond donors (Lipinski definition) is 0. The lowest BCUT2D eigenvalue weighted by Crippen LogP contribution is -2.20. The zero-order valence-corrected chi connectivity index (χ0v) is 18.2. The molecule has 142 valence electrons. The Hall–Kier alpha value is -1.76. The van der Waals surface area contributed by atoms with E-state index >= 15 is 0 Å². The first-order chi connectivity index (χ1) is 12.3. The molecule has 26 heavy (non-hydrogen) atoms. The third-order valence-electron chi connectivity index (χ3n) is 6.12. The van der Waals surface area contributed by atoms with Crippen LogP contribution in [0, 0.1) is 34.6 Å². The van der Waals surface area contributed by atoms with E-state index < -0.39 is 0 Å². The lowest BCUT2D eigenvalue weighted by atomic mass is 9.92. The minimum Gasteiger partial charge on any atom is -0.341 e. The average Bonchev–Trinajstić information content (AvgIpc) is 2.66. The van der Waals surface area contributed by atoms with Crippen LogP contribution in [0.2, 0.25) is 0 Å². The van der Waals surface area contributed by atoms with Crippen molar-refractivity contribution in [1.29, 1.82) is 0 Å². The number of benzene rings is 2. The van der Waals surface area contributed by atoms with Gasteiger partial charge in [0.2, 0.25) is 0 Å². The van der Waals surface area contributed by atoms with Crippen LogP contribution in [0.25, 0.3) is 0 Å². The van der Waals surface area contributed by atoms with E-state index in [4.69, 9.17) is 0 Å². The Balaban J connectivity index is 2.63. The standard InChI is InChI=1S/C25H37N/c1-9-12-13-23-14-22(10-2)15-24(16-23)26(11-3)25-20(7)18(5)17(4)19(6)21(25)8/h14-16H,9-13H2,1-8H3. The van der Waals surface area contributed by atoms with Gasteiger partial charge in [-0.15, -0.1) is 0 Å². The molecule has 0 aliphatic heterocycles. The van der Waals surface area contributed by atoms with Crippen molar-refractivity contribution in [2.24, 2.45) is 0 Å². The SMILES string of the molecule is CCCCc1cc(CC)cc(N(CC)c2c(C)c(C)c(C)c(C)c2C)c1. The van der Waals surface area contributed by atoms with Gasteiger partial charge in [-0.2, -0.15) is 0 Å². The summed E-state index contributed by atoms with van der Waals surface area (Å²) < 4.78 is 0. The van der Waals surface area contributed by atoms with Crippen molar-refractivity contribution in [2.75, 3.05) is 11.4 Å². The largest absolute Gasteiger partial charge is 0.341 e. The number of hydrogen-bond acceptors (Lipinski definition) is 1. The van der Waals surface area contributed by atoms with Crippen LogP contribution in [0.15, 0.2) is 18.2 Å². The molecule has 0 amide bonds. The van der Waals surface area contributed by atoms with Gasteiger partial charge >= 0.3 is 0 Å². The summed E-state index contributed by atoms with van der Waals surface area (Å²) in [5.74, 6) is 0. The van der Waals surface area contributed by atoms with Crippen LogP contribution >= 0.6 is 0 Å². The van der Waals surface area contributed by atoms with Crippen molar-refractivity contribution in [3.63, 3.8) is 0 Å². The highest BCUT2D eigenvalue weighted by Crippen LogP contribution is 2.37. The van der Waals surface area contributed by atoms with Gasteiger partial charge in [-0.3, -0.25) is 0 Å². The fourth-order valence-electron chi connectivity index (χ4n) is 3.98. The third kappa shape index (κ3) is 3.98. The summed E-state index contributed by atoms with van der Waals surface area (Å²) in [6.07, 6.45) is 4.78. The Morgan fingerprint density at radius 1 is 0.692 bits per heavy atom. The van der Waals surface area contributed by atoms with E-state index in [0.717, 1.165) is 13.0 Å². The highest BCUT2D eigenvalue weighted by atomic mass is 15.1. The summed E-state index contributed by atoms with van der Waals surface area (Å²) in [6.45, 7) is 19.2. The van der Waals surface area contributed by atoms with Gasteiger partial charge in [-0.05, 0) is 112 Å². The number of anilines is 2. The molecule has 2 aromatic rings. The first-order valence-corrected chi connectivity index (χ1v) is 10.3. The van der Waals surface area contributed by atoms with Gasteiger partial charge < -0.3 is 4.90 Å². The second-order valence-corrected chi connectivity index (χ2v) is 7.68. The molecule has 2 rings (SSSR count). The molecular formula is C25H37N. The minimum atomic E-state index is 0.990. The van der Waals surface area contributed by atoms with E-state index in [2.05, 4.69) is 78.5 Å². The lowest BCUT2D eigenvalue weighted by Gasteiger charge is -2.30. The molecule has 0 spiro atoms. The predicted octanol–water partition coefficient (Wildman–Crippen LogP) is 7.29. The highest BCUT2D eigenvalue weighted by molar-refractivity contribution is 5.74. The molecule has 0 heterocycles. The molecule has 1 heteroatoms. The fourth-order valence-corrected chi connectivity index (χ4v) is 3.98. The summed E-state index contributed by atoms with van der Waals surface area (Å²) >= 11 is 0. The van der Waals surface area contributed by atoms with Gasteiger partial charge in [0.05, 0.1) is 0 Å². The summed E-state index contributed by atoms with van der Waals surface area (Å²) in [7, 11) is 0. The molecule has 0 N–H and O–H groups in total. The van der Waals surface area contributed by atoms with Crippen molar-refractivity contribution in [3.05, 3.63) is 57.1 Å². The van der Waals surface area contributed by atoms with Crippen LogP contribution in [0.4, 0.5) is 11.4 Å². The van der Waals surface area contributed by atoms with Gasteiger partial charge in [-0.25, -0.2) is 0 Å². The molecule has 0 aliphatic carbocycles. The zero-order chi connectivity index (χ0) is 19.4. The van der Waals surface area contributed by atoms with Crippen molar-refractivity contribution in [3.8, 4) is 0 Å². The lowest BCUT2D eigenvalue weighted by molar-refractivity contribution is 0.793. The maximum atomic E-state index is 2.53. The van der Waals surface area contributed by atoms with Crippen molar-refractivity contribution >= 4 is 11.4 Å². The molecule has 1 nitrogen and oxygen atoms in total. The van der Waals surface area contributed by atoms with Crippen LogP contribution < -0.4 is 4.90 Å². The summed E-state index contributed by atoms with van der Waals surface area (Å²) in [4.78, 5) is 2.53. The molecule has 0 saturated carbocycles. The van der Waals surface area contributed by atoms with E-state index in [0.29, 0.717) is 0 Å². The molecule has 0 radical (unpaired) electrons. The van der Waals surface area contributed by atoms with Gasteiger partial charge in [0.25, 0.3) is 0 Å². The van der Waals surface area contributed by atoms with Gasteiger partial charge in [0.15, 0.2) is 0 Å². The summed E-state index contributed by atoms with van der Waals surface area (Å²) in [5.41, 5.74) is 12.8. The van der Waals surface area contributed by atoms with Crippen LogP contribution in [-0.2, 0) is 12.8 Å². The second-order valence-electron chi connectivity index (χ2n) is 7.68. The number of unbranched alkanes of at least 4 members (excludes halogenated alkanes) is 1. The zero-order valence-electron chi connectivity index (χ0n) is 18.2. The Bertz CT molecular complexity index is 741. The molecular weight excluding hydrogens is 314 g/mol. The minimum absolute atomic E-state index is 0.990. The van der Waals surface area contributed by atoms with Crippen molar-refractivity contribution in [1.82, 2.24) is 0 Å². The Morgan fingerprint density at radius 3 is 1.73 bits per heavy atom. The molecule has 0 saturated heterocycles. The van der Waals surface area contributed by atoms with E-state index in [9.17, 15) is 0 Å². The first-order valence-electron chi connectivity index (χ1n) is 10.3. The van der Waals surface area contributed by atoms with E-state index in [1.54, 1.807) is 0 Å². The highest BCUT2D eigenvalue weighted by Gasteiger charge is 2.18. The van der Waals surface area contributed by atoms with Crippen molar-refractivity contribution in [2.45, 2.75) is 81.1 Å². The van der Waals surface area contributed by atoms with Crippen LogP contribution in [0.3, 0.4) is 0 Å². The molecule has 0 aliphatic rings. The Labute approximate surface area is 161 Å². The van der Waals surface area contributed by atoms with E-state index in [-0.39, 0.29) is 0 Å². The van der Waals surface area contributed by atoms with Crippen molar-refractivity contribution < 1.29 is 0 Å².